The number of unbranched alkanes of at least 4 members (excludes halogenated alkanes) is 5. The van der Waals surface area contributed by atoms with Crippen molar-refractivity contribution in [2.75, 3.05) is 12.4 Å². The predicted molar refractivity (Wildman–Crippen MR) is 82.8 cm³/mol. The number of ether oxygens (including phenoxy) is 1. The molecule has 6 heteroatoms. The molecule has 0 fully saturated rings. The van der Waals surface area contributed by atoms with Crippen LogP contribution in [0.4, 0.5) is 0 Å². The average molecular weight is 307 g/mol. The number of hydrogen-bond donors (Lipinski definition) is 1. The van der Waals surface area contributed by atoms with Gasteiger partial charge in [0.25, 0.3) is 0 Å². The largest absolute Gasteiger partial charge is 0.463 e. The maximum absolute atomic E-state index is 10.5. The van der Waals surface area contributed by atoms with Gasteiger partial charge in [0.15, 0.2) is 0 Å². The number of rotatable bonds is 10. The minimum atomic E-state index is -3.22. The van der Waals surface area contributed by atoms with Gasteiger partial charge >= 0.3 is 5.97 Å². The van der Waals surface area contributed by atoms with E-state index in [1.165, 1.54) is 19.3 Å². The number of primary sulfonamides is 1. The molecule has 0 atom stereocenters. The van der Waals surface area contributed by atoms with Crippen LogP contribution in [-0.2, 0) is 19.6 Å². The lowest BCUT2D eigenvalue weighted by Gasteiger charge is -1.98. The first kappa shape index (κ1) is 21.4. The van der Waals surface area contributed by atoms with Gasteiger partial charge in [-0.1, -0.05) is 52.5 Å². The fourth-order valence-corrected chi connectivity index (χ4v) is 1.95. The topological polar surface area (TPSA) is 86.5 Å². The first-order valence-corrected chi connectivity index (χ1v) is 8.88. The molecule has 0 aromatic carbocycles. The summed E-state index contributed by atoms with van der Waals surface area (Å²) in [6.45, 7) is 7.83. The molecule has 0 radical (unpaired) electrons. The molecule has 0 rings (SSSR count). The van der Waals surface area contributed by atoms with E-state index in [2.05, 4.69) is 18.2 Å². The van der Waals surface area contributed by atoms with E-state index < -0.39 is 10.0 Å². The van der Waals surface area contributed by atoms with E-state index in [0.717, 1.165) is 25.3 Å². The summed E-state index contributed by atoms with van der Waals surface area (Å²) in [6.07, 6.45) is 8.52. The van der Waals surface area contributed by atoms with Gasteiger partial charge in [0.1, 0.15) is 0 Å². The normalized spacial score (nSPS) is 10.3. The van der Waals surface area contributed by atoms with Gasteiger partial charge in [-0.25, -0.2) is 18.4 Å². The number of sulfonamides is 1. The van der Waals surface area contributed by atoms with Crippen LogP contribution < -0.4 is 5.14 Å². The van der Waals surface area contributed by atoms with E-state index >= 15 is 0 Å². The maximum Gasteiger partial charge on any atom is 0.330 e. The Bertz CT molecular complexity index is 339. The molecule has 0 aliphatic carbocycles. The Morgan fingerprint density at radius 1 is 1.10 bits per heavy atom. The molecule has 120 valence electrons. The van der Waals surface area contributed by atoms with Crippen molar-refractivity contribution in [3.63, 3.8) is 0 Å². The molecule has 0 heterocycles. The highest BCUT2D eigenvalue weighted by Crippen LogP contribution is 2.05. The summed E-state index contributed by atoms with van der Waals surface area (Å²) in [5, 5.41) is 4.85. The maximum atomic E-state index is 10.5. The molecular weight excluding hydrogens is 278 g/mol. The summed E-state index contributed by atoms with van der Waals surface area (Å²) in [4.78, 5) is 10.2. The van der Waals surface area contributed by atoms with Crippen molar-refractivity contribution in [1.29, 1.82) is 0 Å². The lowest BCUT2D eigenvalue weighted by atomic mass is 10.1. The van der Waals surface area contributed by atoms with Gasteiger partial charge in [-0.3, -0.25) is 0 Å². The Balaban J connectivity index is 0. The number of carbonyl (C=O) groups is 1. The molecule has 0 saturated carbocycles. The van der Waals surface area contributed by atoms with Crippen LogP contribution in [-0.4, -0.2) is 26.7 Å². The zero-order valence-electron chi connectivity index (χ0n) is 12.8. The highest BCUT2D eigenvalue weighted by molar-refractivity contribution is 7.89. The van der Waals surface area contributed by atoms with Crippen molar-refractivity contribution in [1.82, 2.24) is 0 Å². The lowest BCUT2D eigenvalue weighted by Crippen LogP contribution is -2.16. The minimum absolute atomic E-state index is 0.138. The molecule has 20 heavy (non-hydrogen) atoms. The highest BCUT2D eigenvalue weighted by atomic mass is 32.2. The van der Waals surface area contributed by atoms with Gasteiger partial charge in [0, 0.05) is 6.08 Å². The Kier molecular flexibility index (Phi) is 15.6. The average Bonchev–Trinajstić information content (AvgIpc) is 2.39. The molecule has 5 nitrogen and oxygen atoms in total. The number of hydrogen-bond acceptors (Lipinski definition) is 4. The smallest absolute Gasteiger partial charge is 0.330 e. The van der Waals surface area contributed by atoms with Crippen molar-refractivity contribution >= 4 is 16.0 Å². The first-order chi connectivity index (χ1) is 9.37. The second-order valence-corrected chi connectivity index (χ2v) is 6.24. The van der Waals surface area contributed by atoms with Gasteiger partial charge in [0.05, 0.1) is 12.4 Å². The fourth-order valence-electron chi connectivity index (χ4n) is 1.35. The lowest BCUT2D eigenvalue weighted by molar-refractivity contribution is -0.137. The van der Waals surface area contributed by atoms with E-state index in [1.54, 1.807) is 0 Å². The van der Waals surface area contributed by atoms with Crippen LogP contribution in [0.25, 0.3) is 0 Å². The SMILES string of the molecule is C=CC(=O)OCCC.CCCCCCCCS(N)(=O)=O. The van der Waals surface area contributed by atoms with E-state index in [0.29, 0.717) is 13.0 Å². The van der Waals surface area contributed by atoms with E-state index in [9.17, 15) is 13.2 Å². The Morgan fingerprint density at radius 2 is 1.65 bits per heavy atom. The summed E-state index contributed by atoms with van der Waals surface area (Å²) >= 11 is 0. The highest BCUT2D eigenvalue weighted by Gasteiger charge is 2.00. The third-order valence-corrected chi connectivity index (χ3v) is 3.26. The fraction of sp³-hybridized carbons (Fsp3) is 0.786. The van der Waals surface area contributed by atoms with Crippen LogP contribution in [0.1, 0.15) is 58.8 Å². The van der Waals surface area contributed by atoms with Crippen LogP contribution >= 0.6 is 0 Å². The number of nitrogens with two attached hydrogens (primary N) is 1. The predicted octanol–water partition coefficient (Wildman–Crippen LogP) is 2.76. The molecule has 2 N–H and O–H groups in total. The van der Waals surface area contributed by atoms with Crippen molar-refractivity contribution in [2.24, 2.45) is 5.14 Å². The molecule has 0 aliphatic heterocycles. The molecule has 0 aliphatic rings. The second kappa shape index (κ2) is 14.5. The summed E-state index contributed by atoms with van der Waals surface area (Å²) in [5.74, 6) is -0.203. The molecule has 0 bridgehead atoms. The minimum Gasteiger partial charge on any atom is -0.463 e. The van der Waals surface area contributed by atoms with E-state index in [-0.39, 0.29) is 11.7 Å². The van der Waals surface area contributed by atoms with Crippen molar-refractivity contribution in [3.8, 4) is 0 Å². The molecular formula is C14H29NO4S. The molecule has 0 unspecified atom stereocenters. The number of esters is 1. The zero-order chi connectivity index (χ0) is 15.9. The van der Waals surface area contributed by atoms with Gasteiger partial charge in [-0.2, -0.15) is 0 Å². The summed E-state index contributed by atoms with van der Waals surface area (Å²) in [7, 11) is -3.22. The Labute approximate surface area is 123 Å². The van der Waals surface area contributed by atoms with Crippen LogP contribution in [0, 0.1) is 0 Å². The van der Waals surface area contributed by atoms with Gasteiger partial charge in [-0.15, -0.1) is 0 Å². The molecule has 0 spiro atoms. The van der Waals surface area contributed by atoms with Crippen LogP contribution in [0.2, 0.25) is 0 Å². The summed E-state index contributed by atoms with van der Waals surface area (Å²) < 4.78 is 25.6. The third kappa shape index (κ3) is 22.3. The standard InChI is InChI=1S/C8H19NO2S.C6H10O2/c1-2-3-4-5-6-7-8-12(9,10)11;1-3-5-8-6(7)4-2/h2-8H2,1H3,(H2,9,10,11);4H,2-3,5H2,1H3. The van der Waals surface area contributed by atoms with Gasteiger partial charge < -0.3 is 4.74 Å². The van der Waals surface area contributed by atoms with E-state index in [4.69, 9.17) is 5.14 Å². The van der Waals surface area contributed by atoms with Gasteiger partial charge in [0.2, 0.25) is 10.0 Å². The number of carbonyl (C=O) groups excluding carboxylic acids is 1. The van der Waals surface area contributed by atoms with Crippen LogP contribution in [0.5, 0.6) is 0 Å². The first-order valence-electron chi connectivity index (χ1n) is 7.17. The quantitative estimate of drug-likeness (QED) is 0.382. The van der Waals surface area contributed by atoms with Crippen LogP contribution in [0.3, 0.4) is 0 Å². The third-order valence-electron chi connectivity index (χ3n) is 2.40. The molecule has 0 saturated heterocycles. The second-order valence-electron chi connectivity index (χ2n) is 4.51. The van der Waals surface area contributed by atoms with Crippen molar-refractivity contribution < 1.29 is 17.9 Å². The molecule has 0 aromatic rings. The van der Waals surface area contributed by atoms with Crippen molar-refractivity contribution in [3.05, 3.63) is 12.7 Å². The Morgan fingerprint density at radius 3 is 2.10 bits per heavy atom. The van der Waals surface area contributed by atoms with Crippen LogP contribution in [0.15, 0.2) is 12.7 Å². The van der Waals surface area contributed by atoms with Gasteiger partial charge in [-0.05, 0) is 12.8 Å². The van der Waals surface area contributed by atoms with E-state index in [1.807, 2.05) is 6.92 Å². The van der Waals surface area contributed by atoms with Crippen molar-refractivity contribution in [2.45, 2.75) is 58.8 Å². The zero-order valence-corrected chi connectivity index (χ0v) is 13.6. The Hall–Kier alpha value is -0.880. The molecule has 0 amide bonds. The summed E-state index contributed by atoms with van der Waals surface area (Å²) in [5.41, 5.74) is 0. The summed E-state index contributed by atoms with van der Waals surface area (Å²) in [6, 6.07) is 0. The monoisotopic (exact) mass is 307 g/mol. The molecule has 0 aromatic heterocycles.